The summed E-state index contributed by atoms with van der Waals surface area (Å²) in [5.74, 6) is 0.689. The van der Waals surface area contributed by atoms with Crippen molar-refractivity contribution in [2.45, 2.75) is 19.3 Å². The Hall–Kier alpha value is -0.120. The second-order valence-corrected chi connectivity index (χ2v) is 5.57. The molecule has 0 amide bonds. The van der Waals surface area contributed by atoms with Crippen molar-refractivity contribution in [1.29, 1.82) is 0 Å². The van der Waals surface area contributed by atoms with Crippen LogP contribution in [0.15, 0.2) is 22.8 Å². The third-order valence-corrected chi connectivity index (χ3v) is 4.22. The molecular weight excluding hydrogens is 289 g/mol. The van der Waals surface area contributed by atoms with E-state index >= 15 is 0 Å². The monoisotopic (exact) mass is 303 g/mol. The van der Waals surface area contributed by atoms with Gasteiger partial charge in [0.1, 0.15) is 0 Å². The number of ether oxygens (including phenoxy) is 1. The summed E-state index contributed by atoms with van der Waals surface area (Å²) in [6.07, 6.45) is 4.87. The van der Waals surface area contributed by atoms with Gasteiger partial charge in [-0.25, -0.2) is 0 Å². The third-order valence-electron chi connectivity index (χ3n) is 3.18. The molecule has 1 aromatic rings. The summed E-state index contributed by atoms with van der Waals surface area (Å²) in [7, 11) is 0. The molecule has 0 atom stereocenters. The number of nitrogens with zero attached hydrogens (tertiary/aromatic N) is 1. The Morgan fingerprint density at radius 3 is 2.69 bits per heavy atom. The smallest absolute Gasteiger partial charge is 0.0471 e. The standard InChI is InChI=1S/C12H15BrClNO/c13-10-1-2-11(15-8-10)7-12(9-14)3-5-16-6-4-12/h1-2,8H,3-7,9H2. The van der Waals surface area contributed by atoms with Gasteiger partial charge in [0.25, 0.3) is 0 Å². The zero-order chi connectivity index (χ0) is 11.4. The van der Waals surface area contributed by atoms with Gasteiger partial charge in [-0.2, -0.15) is 0 Å². The van der Waals surface area contributed by atoms with Gasteiger partial charge in [-0.15, -0.1) is 11.6 Å². The minimum absolute atomic E-state index is 0.181. The van der Waals surface area contributed by atoms with E-state index in [1.165, 1.54) is 0 Å². The van der Waals surface area contributed by atoms with Crippen molar-refractivity contribution in [3.05, 3.63) is 28.5 Å². The van der Waals surface area contributed by atoms with Crippen molar-refractivity contribution in [3.8, 4) is 0 Å². The fourth-order valence-electron chi connectivity index (χ4n) is 2.06. The Morgan fingerprint density at radius 1 is 1.38 bits per heavy atom. The van der Waals surface area contributed by atoms with Crippen LogP contribution in [-0.4, -0.2) is 24.1 Å². The Labute approximate surface area is 109 Å². The molecule has 0 aromatic carbocycles. The number of hydrogen-bond donors (Lipinski definition) is 0. The van der Waals surface area contributed by atoms with Gasteiger partial charge in [0.2, 0.25) is 0 Å². The molecule has 88 valence electrons. The fourth-order valence-corrected chi connectivity index (χ4v) is 2.65. The average Bonchev–Trinajstić information content (AvgIpc) is 2.33. The topological polar surface area (TPSA) is 22.1 Å². The van der Waals surface area contributed by atoms with Crippen molar-refractivity contribution < 1.29 is 4.74 Å². The Kier molecular flexibility index (Phi) is 4.22. The van der Waals surface area contributed by atoms with Crippen molar-refractivity contribution in [2.75, 3.05) is 19.1 Å². The van der Waals surface area contributed by atoms with Crippen LogP contribution in [0.5, 0.6) is 0 Å². The maximum atomic E-state index is 6.13. The predicted octanol–water partition coefficient (Wildman–Crippen LogP) is 3.42. The van der Waals surface area contributed by atoms with Crippen LogP contribution in [0.3, 0.4) is 0 Å². The predicted molar refractivity (Wildman–Crippen MR) is 68.8 cm³/mol. The molecule has 4 heteroatoms. The average molecular weight is 305 g/mol. The van der Waals surface area contributed by atoms with Gasteiger partial charge >= 0.3 is 0 Å². The molecule has 16 heavy (non-hydrogen) atoms. The first kappa shape index (κ1) is 12.3. The minimum Gasteiger partial charge on any atom is -0.381 e. The third kappa shape index (κ3) is 2.96. The highest BCUT2D eigenvalue weighted by molar-refractivity contribution is 9.10. The highest BCUT2D eigenvalue weighted by Crippen LogP contribution is 2.35. The van der Waals surface area contributed by atoms with Crippen LogP contribution >= 0.6 is 27.5 Å². The second-order valence-electron chi connectivity index (χ2n) is 4.39. The van der Waals surface area contributed by atoms with Crippen LogP contribution in [0, 0.1) is 5.41 Å². The summed E-state index contributed by atoms with van der Waals surface area (Å²) in [5, 5.41) is 0. The van der Waals surface area contributed by atoms with E-state index in [2.05, 4.69) is 27.0 Å². The normalized spacial score (nSPS) is 19.6. The molecule has 2 rings (SSSR count). The second kappa shape index (κ2) is 5.48. The Bertz CT molecular complexity index is 335. The summed E-state index contributed by atoms with van der Waals surface area (Å²) < 4.78 is 6.41. The van der Waals surface area contributed by atoms with Gasteiger partial charge in [0.15, 0.2) is 0 Å². The number of pyridine rings is 1. The lowest BCUT2D eigenvalue weighted by molar-refractivity contribution is 0.0253. The summed E-state index contributed by atoms with van der Waals surface area (Å²) in [6.45, 7) is 1.65. The lowest BCUT2D eigenvalue weighted by atomic mass is 9.78. The van der Waals surface area contributed by atoms with E-state index < -0.39 is 0 Å². The van der Waals surface area contributed by atoms with Crippen LogP contribution < -0.4 is 0 Å². The van der Waals surface area contributed by atoms with E-state index in [4.69, 9.17) is 16.3 Å². The Morgan fingerprint density at radius 2 is 2.12 bits per heavy atom. The molecule has 0 aliphatic carbocycles. The summed E-state index contributed by atoms with van der Waals surface area (Å²) in [4.78, 5) is 4.42. The lowest BCUT2D eigenvalue weighted by Gasteiger charge is -2.35. The molecule has 1 fully saturated rings. The SMILES string of the molecule is ClCC1(Cc2ccc(Br)cn2)CCOCC1. The molecule has 0 radical (unpaired) electrons. The van der Waals surface area contributed by atoms with Crippen LogP contribution in [0.4, 0.5) is 0 Å². The van der Waals surface area contributed by atoms with Crippen molar-refractivity contribution in [2.24, 2.45) is 5.41 Å². The summed E-state index contributed by atoms with van der Waals surface area (Å²) in [6, 6.07) is 4.09. The van der Waals surface area contributed by atoms with E-state index in [1.54, 1.807) is 0 Å². The Balaban J connectivity index is 2.08. The van der Waals surface area contributed by atoms with Crippen LogP contribution in [-0.2, 0) is 11.2 Å². The van der Waals surface area contributed by atoms with E-state index in [1.807, 2.05) is 12.3 Å². The molecule has 2 nitrogen and oxygen atoms in total. The van der Waals surface area contributed by atoms with Crippen molar-refractivity contribution in [1.82, 2.24) is 4.98 Å². The maximum absolute atomic E-state index is 6.13. The number of alkyl halides is 1. The minimum atomic E-state index is 0.181. The zero-order valence-corrected chi connectivity index (χ0v) is 11.4. The van der Waals surface area contributed by atoms with Crippen molar-refractivity contribution >= 4 is 27.5 Å². The molecule has 0 N–H and O–H groups in total. The summed E-state index contributed by atoms with van der Waals surface area (Å²) in [5.41, 5.74) is 1.30. The summed E-state index contributed by atoms with van der Waals surface area (Å²) >= 11 is 9.52. The van der Waals surface area contributed by atoms with E-state index in [9.17, 15) is 0 Å². The van der Waals surface area contributed by atoms with Gasteiger partial charge in [0, 0.05) is 35.5 Å². The molecule has 1 aliphatic rings. The first-order valence-corrected chi connectivity index (χ1v) is 6.81. The quantitative estimate of drug-likeness (QED) is 0.798. The van der Waals surface area contributed by atoms with E-state index in [0.29, 0.717) is 5.88 Å². The molecular formula is C12H15BrClNO. The van der Waals surface area contributed by atoms with Gasteiger partial charge in [-0.1, -0.05) is 0 Å². The number of halogens is 2. The molecule has 0 unspecified atom stereocenters. The van der Waals surface area contributed by atoms with Crippen LogP contribution in [0.25, 0.3) is 0 Å². The van der Waals surface area contributed by atoms with Crippen molar-refractivity contribution in [3.63, 3.8) is 0 Å². The highest BCUT2D eigenvalue weighted by atomic mass is 79.9. The van der Waals surface area contributed by atoms with Gasteiger partial charge < -0.3 is 4.74 Å². The van der Waals surface area contributed by atoms with Crippen LogP contribution in [0.1, 0.15) is 18.5 Å². The van der Waals surface area contributed by atoms with Gasteiger partial charge in [-0.3, -0.25) is 4.98 Å². The molecule has 0 bridgehead atoms. The number of rotatable bonds is 3. The molecule has 0 saturated carbocycles. The number of hydrogen-bond acceptors (Lipinski definition) is 2. The molecule has 1 aromatic heterocycles. The zero-order valence-electron chi connectivity index (χ0n) is 9.09. The highest BCUT2D eigenvalue weighted by Gasteiger charge is 2.32. The first-order valence-electron chi connectivity index (χ1n) is 5.48. The van der Waals surface area contributed by atoms with Gasteiger partial charge in [-0.05, 0) is 52.7 Å². The van der Waals surface area contributed by atoms with Crippen LogP contribution in [0.2, 0.25) is 0 Å². The number of aromatic nitrogens is 1. The molecule has 2 heterocycles. The maximum Gasteiger partial charge on any atom is 0.0471 e. The molecule has 0 spiro atoms. The van der Waals surface area contributed by atoms with E-state index in [0.717, 1.165) is 42.6 Å². The fraction of sp³-hybridized carbons (Fsp3) is 0.583. The van der Waals surface area contributed by atoms with E-state index in [-0.39, 0.29) is 5.41 Å². The lowest BCUT2D eigenvalue weighted by Crippen LogP contribution is -2.33. The largest absolute Gasteiger partial charge is 0.381 e. The first-order chi connectivity index (χ1) is 7.74. The molecule has 1 saturated heterocycles. The van der Waals surface area contributed by atoms with Gasteiger partial charge in [0.05, 0.1) is 0 Å². The molecule has 1 aliphatic heterocycles.